The van der Waals surface area contributed by atoms with Crippen LogP contribution in [0.2, 0.25) is 5.02 Å². The molecule has 1 aromatic rings. The Bertz CT molecular complexity index is 762. The normalized spacial score (nSPS) is 26.2. The number of alkyl halides is 3. The Morgan fingerprint density at radius 2 is 2.04 bits per heavy atom. The minimum Gasteiger partial charge on any atom is -0.331 e. The fourth-order valence-corrected chi connectivity index (χ4v) is 4.68. The Labute approximate surface area is 170 Å². The summed E-state index contributed by atoms with van der Waals surface area (Å²) in [6.07, 6.45) is -0.675. The lowest BCUT2D eigenvalue weighted by Gasteiger charge is -2.40. The predicted molar refractivity (Wildman–Crippen MR) is 103 cm³/mol. The van der Waals surface area contributed by atoms with E-state index < -0.39 is 28.4 Å². The van der Waals surface area contributed by atoms with Crippen LogP contribution >= 0.6 is 23.4 Å². The molecule has 5 nitrogen and oxygen atoms in total. The number of nitrogens with one attached hydrogen (secondary N) is 3. The molecule has 3 rings (SSSR count). The Balaban J connectivity index is 1.61. The second kappa shape index (κ2) is 8.51. The molecule has 3 N–H and O–H groups in total. The maximum absolute atomic E-state index is 12.9. The Kier molecular flexibility index (Phi) is 6.46. The van der Waals surface area contributed by atoms with Crippen molar-refractivity contribution < 1.29 is 22.8 Å². The summed E-state index contributed by atoms with van der Waals surface area (Å²) in [5, 5.41) is 8.06. The van der Waals surface area contributed by atoms with Gasteiger partial charge >= 0.3 is 6.18 Å². The number of hydrogen-bond donors (Lipinski definition) is 3. The van der Waals surface area contributed by atoms with E-state index in [2.05, 4.69) is 16.0 Å². The number of thioether (sulfide) groups is 1. The van der Waals surface area contributed by atoms with Crippen molar-refractivity contribution >= 4 is 40.9 Å². The number of anilines is 1. The molecule has 0 radical (unpaired) electrons. The second-order valence-corrected chi connectivity index (χ2v) is 8.87. The molecular formula is C18H21ClF3N3O2S. The highest BCUT2D eigenvalue weighted by molar-refractivity contribution is 8.01. The molecule has 0 spiro atoms. The quantitative estimate of drug-likeness (QED) is 0.669. The van der Waals surface area contributed by atoms with Crippen molar-refractivity contribution in [3.63, 3.8) is 0 Å². The van der Waals surface area contributed by atoms with E-state index in [4.69, 9.17) is 11.6 Å². The van der Waals surface area contributed by atoms with Crippen LogP contribution in [0.3, 0.4) is 0 Å². The Hall–Kier alpha value is -1.45. The van der Waals surface area contributed by atoms with Crippen LogP contribution in [0.25, 0.3) is 0 Å². The summed E-state index contributed by atoms with van der Waals surface area (Å²) in [6.45, 7) is 1.63. The first-order valence-electron chi connectivity index (χ1n) is 9.04. The minimum atomic E-state index is -4.53. The maximum atomic E-state index is 12.9. The lowest BCUT2D eigenvalue weighted by molar-refractivity contribution is -0.137. The standard InChI is InChI=1S/C18H21ClF3N3O2S/c1-9(28-17-24-13-5-3-2-4-11(13)16(27)25-17)15(26)23-14-8-10(18(20,21)22)6-7-12(14)19/h6-9,11,13,17,24H,2-5H2,1H3,(H,23,26)(H,25,27). The largest absolute Gasteiger partial charge is 0.416 e. The van der Waals surface area contributed by atoms with Gasteiger partial charge in [0.05, 0.1) is 27.4 Å². The van der Waals surface area contributed by atoms with Crippen molar-refractivity contribution in [3.8, 4) is 0 Å². The van der Waals surface area contributed by atoms with Gasteiger partial charge in [0.15, 0.2) is 0 Å². The number of hydrogen-bond acceptors (Lipinski definition) is 4. The van der Waals surface area contributed by atoms with Gasteiger partial charge < -0.3 is 10.6 Å². The van der Waals surface area contributed by atoms with Gasteiger partial charge in [-0.3, -0.25) is 14.9 Å². The molecule has 2 fully saturated rings. The lowest BCUT2D eigenvalue weighted by Crippen LogP contribution is -2.61. The van der Waals surface area contributed by atoms with Gasteiger partial charge in [-0.1, -0.05) is 24.4 Å². The average Bonchev–Trinajstić information content (AvgIpc) is 2.62. The average molecular weight is 436 g/mol. The summed E-state index contributed by atoms with van der Waals surface area (Å²) in [5.41, 5.74) is -1.41. The topological polar surface area (TPSA) is 70.2 Å². The fraction of sp³-hybridized carbons (Fsp3) is 0.556. The number of fused-ring (bicyclic) bond motifs is 1. The number of rotatable bonds is 4. The van der Waals surface area contributed by atoms with Crippen molar-refractivity contribution in [1.29, 1.82) is 0 Å². The highest BCUT2D eigenvalue weighted by atomic mass is 35.5. The van der Waals surface area contributed by atoms with Gasteiger partial charge in [-0.15, -0.1) is 11.8 Å². The third kappa shape index (κ3) is 4.93. The molecule has 0 aromatic heterocycles. The molecular weight excluding hydrogens is 415 g/mol. The number of carbonyl (C=O) groups excluding carboxylic acids is 2. The fourth-order valence-electron chi connectivity index (χ4n) is 3.49. The zero-order valence-electron chi connectivity index (χ0n) is 15.1. The molecule has 4 atom stereocenters. The van der Waals surface area contributed by atoms with E-state index in [-0.39, 0.29) is 28.6 Å². The minimum absolute atomic E-state index is 0.0190. The third-order valence-corrected chi connectivity index (χ3v) is 6.48. The van der Waals surface area contributed by atoms with E-state index >= 15 is 0 Å². The number of amides is 2. The summed E-state index contributed by atoms with van der Waals surface area (Å²) in [6, 6.07) is 2.86. The maximum Gasteiger partial charge on any atom is 0.416 e. The van der Waals surface area contributed by atoms with Crippen LogP contribution in [0, 0.1) is 5.92 Å². The number of carbonyl (C=O) groups is 2. The third-order valence-electron chi connectivity index (χ3n) is 5.00. The highest BCUT2D eigenvalue weighted by Gasteiger charge is 2.38. The molecule has 1 aliphatic carbocycles. The van der Waals surface area contributed by atoms with Crippen LogP contribution in [-0.2, 0) is 15.8 Å². The van der Waals surface area contributed by atoms with E-state index in [0.717, 1.165) is 43.9 Å². The van der Waals surface area contributed by atoms with Crippen LogP contribution in [-0.4, -0.2) is 28.6 Å². The summed E-state index contributed by atoms with van der Waals surface area (Å²) in [4.78, 5) is 24.7. The molecule has 1 saturated heterocycles. The highest BCUT2D eigenvalue weighted by Crippen LogP contribution is 2.34. The molecule has 1 aromatic carbocycles. The molecule has 28 heavy (non-hydrogen) atoms. The van der Waals surface area contributed by atoms with Crippen molar-refractivity contribution in [2.24, 2.45) is 5.92 Å². The summed E-state index contributed by atoms with van der Waals surface area (Å²) in [5.74, 6) is -0.554. The van der Waals surface area contributed by atoms with Crippen LogP contribution in [0.5, 0.6) is 0 Å². The van der Waals surface area contributed by atoms with Crippen molar-refractivity contribution in [3.05, 3.63) is 28.8 Å². The zero-order chi connectivity index (χ0) is 20.5. The smallest absolute Gasteiger partial charge is 0.331 e. The molecule has 2 aliphatic rings. The van der Waals surface area contributed by atoms with Crippen LogP contribution in [0.15, 0.2) is 18.2 Å². The lowest BCUT2D eigenvalue weighted by atomic mass is 9.83. The monoisotopic (exact) mass is 435 g/mol. The summed E-state index contributed by atoms with van der Waals surface area (Å²) >= 11 is 7.13. The van der Waals surface area contributed by atoms with E-state index in [9.17, 15) is 22.8 Å². The van der Waals surface area contributed by atoms with E-state index in [1.54, 1.807) is 6.92 Å². The molecule has 1 aliphatic heterocycles. The zero-order valence-corrected chi connectivity index (χ0v) is 16.7. The predicted octanol–water partition coefficient (Wildman–Crippen LogP) is 3.98. The van der Waals surface area contributed by atoms with E-state index in [0.29, 0.717) is 0 Å². The van der Waals surface area contributed by atoms with Gasteiger partial charge in [0.1, 0.15) is 5.50 Å². The molecule has 154 valence electrons. The first-order valence-corrected chi connectivity index (χ1v) is 10.4. The molecule has 1 saturated carbocycles. The number of benzene rings is 1. The van der Waals surface area contributed by atoms with Crippen LogP contribution in [0.1, 0.15) is 38.2 Å². The van der Waals surface area contributed by atoms with Crippen LogP contribution in [0.4, 0.5) is 18.9 Å². The SMILES string of the molecule is CC(SC1NC(=O)C2CCCCC2N1)C(=O)Nc1cc(C(F)(F)F)ccc1Cl. The van der Waals surface area contributed by atoms with Gasteiger partial charge in [-0.25, -0.2) is 0 Å². The van der Waals surface area contributed by atoms with Crippen molar-refractivity contribution in [1.82, 2.24) is 10.6 Å². The van der Waals surface area contributed by atoms with E-state index in [1.165, 1.54) is 11.8 Å². The van der Waals surface area contributed by atoms with Gasteiger partial charge in [0, 0.05) is 6.04 Å². The Morgan fingerprint density at radius 3 is 2.75 bits per heavy atom. The van der Waals surface area contributed by atoms with Gasteiger partial charge in [0.25, 0.3) is 0 Å². The molecule has 1 heterocycles. The first-order chi connectivity index (χ1) is 13.1. The van der Waals surface area contributed by atoms with Gasteiger partial charge in [0.2, 0.25) is 11.8 Å². The molecule has 2 amide bonds. The van der Waals surface area contributed by atoms with Crippen molar-refractivity contribution in [2.45, 2.75) is 55.6 Å². The number of halogens is 4. The Morgan fingerprint density at radius 1 is 1.32 bits per heavy atom. The second-order valence-electron chi connectivity index (χ2n) is 7.01. The van der Waals surface area contributed by atoms with Crippen LogP contribution < -0.4 is 16.0 Å². The molecule has 0 bridgehead atoms. The molecule has 10 heteroatoms. The first kappa shape index (κ1) is 21.3. The van der Waals surface area contributed by atoms with E-state index in [1.807, 2.05) is 0 Å². The summed E-state index contributed by atoms with van der Waals surface area (Å²) in [7, 11) is 0. The van der Waals surface area contributed by atoms with Gasteiger partial charge in [-0.2, -0.15) is 13.2 Å². The van der Waals surface area contributed by atoms with Gasteiger partial charge in [-0.05, 0) is 38.0 Å². The van der Waals surface area contributed by atoms with Crippen molar-refractivity contribution in [2.75, 3.05) is 5.32 Å². The summed E-state index contributed by atoms with van der Waals surface area (Å²) < 4.78 is 38.6. The molecule has 4 unspecified atom stereocenters.